The summed E-state index contributed by atoms with van der Waals surface area (Å²) in [6.07, 6.45) is 0.290. The van der Waals surface area contributed by atoms with Crippen LogP contribution in [-0.4, -0.2) is 13.3 Å². The van der Waals surface area contributed by atoms with Gasteiger partial charge in [0.1, 0.15) is 16.5 Å². The van der Waals surface area contributed by atoms with Gasteiger partial charge in [-0.2, -0.15) is 0 Å². The number of hydrogen-bond acceptors (Lipinski definition) is 2. The zero-order valence-corrected chi connectivity index (χ0v) is 23.1. The fourth-order valence-electron chi connectivity index (χ4n) is 4.74. The smallest absolute Gasteiger partial charge is 0.262 e. The molecule has 0 amide bonds. The van der Waals surface area contributed by atoms with Gasteiger partial charge in [-0.15, -0.1) is 0 Å². The van der Waals surface area contributed by atoms with E-state index in [1.165, 1.54) is 6.20 Å². The van der Waals surface area contributed by atoms with Crippen molar-refractivity contribution in [3.8, 4) is 0 Å². The fourth-order valence-corrected chi connectivity index (χ4v) is 9.79. The van der Waals surface area contributed by atoms with Crippen molar-refractivity contribution in [2.24, 2.45) is 0 Å². The molecule has 1 heterocycles. The summed E-state index contributed by atoms with van der Waals surface area (Å²) in [4.78, 5) is 4.32. The minimum Gasteiger partial charge on any atom is -0.396 e. The topological polar surface area (TPSA) is 22.1 Å². The molecule has 0 saturated carbocycles. The highest BCUT2D eigenvalue weighted by atomic mass is 79.9. The van der Waals surface area contributed by atoms with E-state index in [1.54, 1.807) is 6.07 Å². The van der Waals surface area contributed by atoms with Crippen LogP contribution in [-0.2, 0) is 4.43 Å². The molecule has 186 valence electrons. The second-order valence-electron chi connectivity index (χ2n) is 9.78. The van der Waals surface area contributed by atoms with Gasteiger partial charge in [-0.25, -0.2) is 18.2 Å². The molecule has 0 aliphatic rings. The molecule has 1 aromatic heterocycles. The number of pyridine rings is 1. The molecule has 0 saturated heterocycles. The lowest BCUT2D eigenvalue weighted by molar-refractivity contribution is 0.216. The Labute approximate surface area is 219 Å². The van der Waals surface area contributed by atoms with Gasteiger partial charge in [0.05, 0.1) is 5.56 Å². The first-order valence-corrected chi connectivity index (χ1v) is 14.3. The van der Waals surface area contributed by atoms with E-state index in [0.29, 0.717) is 15.7 Å². The van der Waals surface area contributed by atoms with Crippen LogP contribution in [0.3, 0.4) is 0 Å². The van der Waals surface area contributed by atoms with Crippen molar-refractivity contribution < 1.29 is 17.6 Å². The molecule has 36 heavy (non-hydrogen) atoms. The van der Waals surface area contributed by atoms with E-state index in [0.717, 1.165) is 22.5 Å². The number of benzene rings is 3. The Balaban J connectivity index is 2.08. The minimum absolute atomic E-state index is 0.463. The Hall–Kier alpha value is -2.74. The largest absolute Gasteiger partial charge is 0.396 e. The van der Waals surface area contributed by atoms with Crippen LogP contribution in [0.15, 0.2) is 89.7 Å². The zero-order chi connectivity index (χ0) is 26.1. The Kier molecular flexibility index (Phi) is 7.55. The van der Waals surface area contributed by atoms with Gasteiger partial charge in [0.15, 0.2) is 11.6 Å². The van der Waals surface area contributed by atoms with Gasteiger partial charge in [-0.05, 0) is 62.0 Å². The minimum atomic E-state index is -3.27. The average molecular weight is 571 g/mol. The molecular weight excluding hydrogens is 543 g/mol. The normalized spacial score (nSPS) is 13.0. The van der Waals surface area contributed by atoms with Gasteiger partial charge >= 0.3 is 0 Å². The number of halogens is 4. The molecule has 4 rings (SSSR count). The second-order valence-corrected chi connectivity index (χ2v) is 14.8. The molecule has 0 aliphatic heterocycles. The van der Waals surface area contributed by atoms with Gasteiger partial charge in [0.25, 0.3) is 8.32 Å². The molecule has 7 heteroatoms. The average Bonchev–Trinajstić information content (AvgIpc) is 2.84. The lowest BCUT2D eigenvalue weighted by atomic mass is 9.98. The van der Waals surface area contributed by atoms with E-state index in [1.807, 2.05) is 67.6 Å². The lowest BCUT2D eigenvalue weighted by Gasteiger charge is -2.45. The molecule has 3 aromatic carbocycles. The number of hydrogen-bond donors (Lipinski definition) is 0. The van der Waals surface area contributed by atoms with Crippen molar-refractivity contribution >= 4 is 34.6 Å². The maximum absolute atomic E-state index is 15.4. The van der Waals surface area contributed by atoms with Crippen molar-refractivity contribution in [3.05, 3.63) is 124 Å². The third-order valence-corrected chi connectivity index (χ3v) is 11.9. The SMILES string of the molecule is Cc1cc(Br)ncc1C(O[Si](c1ccccc1)(c1ccccc1)C(C)(C)C)c1c(F)ccc(F)c1F. The van der Waals surface area contributed by atoms with Crippen LogP contribution in [0.5, 0.6) is 0 Å². The van der Waals surface area contributed by atoms with Crippen molar-refractivity contribution in [2.45, 2.75) is 38.8 Å². The quantitative estimate of drug-likeness (QED) is 0.139. The number of aromatic nitrogens is 1. The van der Waals surface area contributed by atoms with Gasteiger partial charge in [-0.3, -0.25) is 0 Å². The second kappa shape index (κ2) is 10.3. The van der Waals surface area contributed by atoms with E-state index in [4.69, 9.17) is 4.43 Å². The van der Waals surface area contributed by atoms with Crippen LogP contribution in [0.4, 0.5) is 13.2 Å². The highest BCUT2D eigenvalue weighted by Gasteiger charge is 2.52. The summed E-state index contributed by atoms with van der Waals surface area (Å²) in [6, 6.07) is 23.0. The third kappa shape index (κ3) is 4.79. The molecular formula is C29H27BrF3NOSi. The summed E-state index contributed by atoms with van der Waals surface area (Å²) in [6.45, 7) is 8.03. The highest BCUT2D eigenvalue weighted by molar-refractivity contribution is 9.10. The van der Waals surface area contributed by atoms with Gasteiger partial charge in [0, 0.05) is 11.8 Å². The third-order valence-electron chi connectivity index (χ3n) is 6.45. The Morgan fingerprint density at radius 3 is 1.86 bits per heavy atom. The van der Waals surface area contributed by atoms with Crippen LogP contribution < -0.4 is 10.4 Å². The van der Waals surface area contributed by atoms with Crippen LogP contribution in [0.2, 0.25) is 5.04 Å². The summed E-state index contributed by atoms with van der Waals surface area (Å²) in [7, 11) is -3.27. The predicted octanol–water partition coefficient (Wildman–Crippen LogP) is 7.24. The maximum Gasteiger partial charge on any atom is 0.262 e. The summed E-state index contributed by atoms with van der Waals surface area (Å²) >= 11 is 3.36. The molecule has 2 nitrogen and oxygen atoms in total. The molecule has 0 aliphatic carbocycles. The van der Waals surface area contributed by atoms with Crippen LogP contribution in [0.25, 0.3) is 0 Å². The monoisotopic (exact) mass is 569 g/mol. The van der Waals surface area contributed by atoms with E-state index in [-0.39, 0.29) is 0 Å². The molecule has 1 atom stereocenters. The van der Waals surface area contributed by atoms with Crippen molar-refractivity contribution in [1.29, 1.82) is 0 Å². The first kappa shape index (κ1) is 26.3. The van der Waals surface area contributed by atoms with Crippen LogP contribution >= 0.6 is 15.9 Å². The van der Waals surface area contributed by atoms with E-state index >= 15 is 8.78 Å². The summed E-state index contributed by atoms with van der Waals surface area (Å²) in [5.74, 6) is -3.27. The Morgan fingerprint density at radius 2 is 1.36 bits per heavy atom. The number of nitrogens with zero attached hydrogens (tertiary/aromatic N) is 1. The predicted molar refractivity (Wildman–Crippen MR) is 144 cm³/mol. The van der Waals surface area contributed by atoms with Gasteiger partial charge in [-0.1, -0.05) is 81.4 Å². The standard InChI is InChI=1S/C29H27BrF3NOSi/c1-19-17-25(30)34-18-22(19)28(26-23(31)15-16-24(32)27(26)33)35-36(29(2,3)4,20-11-7-5-8-12-20)21-13-9-6-10-14-21/h5-18,28H,1-4H3. The summed E-state index contributed by atoms with van der Waals surface area (Å²) in [5.41, 5.74) is 0.715. The highest BCUT2D eigenvalue weighted by Crippen LogP contribution is 2.43. The molecule has 0 bridgehead atoms. The number of aryl methyl sites for hydroxylation is 1. The molecule has 4 aromatic rings. The maximum atomic E-state index is 15.4. The van der Waals surface area contributed by atoms with Crippen molar-refractivity contribution in [2.75, 3.05) is 0 Å². The molecule has 0 fully saturated rings. The molecule has 0 N–H and O–H groups in total. The molecule has 1 unspecified atom stereocenters. The van der Waals surface area contributed by atoms with E-state index in [9.17, 15) is 4.39 Å². The first-order valence-electron chi connectivity index (χ1n) is 11.6. The summed E-state index contributed by atoms with van der Waals surface area (Å²) in [5, 5.41) is 1.41. The van der Waals surface area contributed by atoms with Crippen molar-refractivity contribution in [3.63, 3.8) is 0 Å². The van der Waals surface area contributed by atoms with Crippen LogP contribution in [0, 0.1) is 24.4 Å². The molecule has 0 radical (unpaired) electrons. The van der Waals surface area contributed by atoms with Crippen molar-refractivity contribution in [1.82, 2.24) is 4.98 Å². The lowest BCUT2D eigenvalue weighted by Crippen LogP contribution is -2.67. The Bertz CT molecular complexity index is 1320. The summed E-state index contributed by atoms with van der Waals surface area (Å²) < 4.78 is 52.9. The number of rotatable bonds is 6. The van der Waals surface area contributed by atoms with E-state index in [2.05, 4.69) is 41.7 Å². The fraction of sp³-hybridized carbons (Fsp3) is 0.207. The van der Waals surface area contributed by atoms with Gasteiger partial charge in [0.2, 0.25) is 0 Å². The van der Waals surface area contributed by atoms with Crippen LogP contribution in [0.1, 0.15) is 43.6 Å². The Morgan fingerprint density at radius 1 is 0.833 bits per heavy atom. The van der Waals surface area contributed by atoms with Gasteiger partial charge < -0.3 is 4.43 Å². The zero-order valence-electron chi connectivity index (χ0n) is 20.5. The molecule has 0 spiro atoms. The first-order chi connectivity index (χ1) is 17.1. The van der Waals surface area contributed by atoms with E-state index < -0.39 is 42.5 Å².